The van der Waals surface area contributed by atoms with Gasteiger partial charge in [-0.1, -0.05) is 106 Å². The largest absolute Gasteiger partial charge is 0.0683 e. The SMILES string of the molecule is CC.CC.CC.CCC.CCCc1ccccc1CC. The van der Waals surface area contributed by atoms with Crippen LogP contribution in [0.15, 0.2) is 24.3 Å². The van der Waals surface area contributed by atoms with Gasteiger partial charge in [-0.05, 0) is 24.0 Å². The first-order valence-electron chi connectivity index (χ1n) is 8.86. The van der Waals surface area contributed by atoms with E-state index in [1.165, 1.54) is 30.4 Å². The number of hydrogen-bond donors (Lipinski definition) is 0. The van der Waals surface area contributed by atoms with Gasteiger partial charge < -0.3 is 0 Å². The minimum Gasteiger partial charge on any atom is -0.0683 e. The Balaban J connectivity index is -0.000000121. The summed E-state index contributed by atoms with van der Waals surface area (Å²) in [5, 5.41) is 0. The molecule has 0 N–H and O–H groups in total. The lowest BCUT2D eigenvalue weighted by molar-refractivity contribution is 0.899. The highest BCUT2D eigenvalue weighted by Crippen LogP contribution is 2.10. The van der Waals surface area contributed by atoms with Gasteiger partial charge in [0.05, 0.1) is 0 Å². The lowest BCUT2D eigenvalue weighted by atomic mass is 10.0. The van der Waals surface area contributed by atoms with Gasteiger partial charge in [0.1, 0.15) is 0 Å². The third-order valence-corrected chi connectivity index (χ3v) is 2.02. The van der Waals surface area contributed by atoms with E-state index in [1.54, 1.807) is 0 Å². The predicted molar refractivity (Wildman–Crippen MR) is 99.8 cm³/mol. The molecule has 0 spiro atoms. The van der Waals surface area contributed by atoms with Crippen molar-refractivity contribution in [1.82, 2.24) is 0 Å². The maximum Gasteiger partial charge on any atom is -0.0279 e. The van der Waals surface area contributed by atoms with Gasteiger partial charge in [0, 0.05) is 0 Å². The molecule has 1 aromatic rings. The number of rotatable bonds is 3. The van der Waals surface area contributed by atoms with Crippen LogP contribution in [-0.2, 0) is 12.8 Å². The summed E-state index contributed by atoms with van der Waals surface area (Å²) in [5.41, 5.74) is 3.03. The number of benzene rings is 1. The van der Waals surface area contributed by atoms with Crippen molar-refractivity contribution in [3.8, 4) is 0 Å². The molecule has 20 heavy (non-hydrogen) atoms. The lowest BCUT2D eigenvalue weighted by Crippen LogP contribution is -1.90. The second-order valence-electron chi connectivity index (χ2n) is 3.58. The van der Waals surface area contributed by atoms with Crippen molar-refractivity contribution >= 4 is 0 Å². The molecule has 0 atom stereocenters. The average molecular weight is 283 g/mol. The second kappa shape index (κ2) is 30.9. The van der Waals surface area contributed by atoms with Crippen molar-refractivity contribution in [3.05, 3.63) is 35.4 Å². The van der Waals surface area contributed by atoms with Crippen molar-refractivity contribution in [2.75, 3.05) is 0 Å². The van der Waals surface area contributed by atoms with Gasteiger partial charge in [0.2, 0.25) is 0 Å². The Labute approximate surface area is 131 Å². The highest BCUT2D eigenvalue weighted by atomic mass is 14.0. The van der Waals surface area contributed by atoms with Crippen LogP contribution in [0.4, 0.5) is 0 Å². The summed E-state index contributed by atoms with van der Waals surface area (Å²) in [5.74, 6) is 0. The zero-order chi connectivity index (χ0) is 16.8. The third-order valence-electron chi connectivity index (χ3n) is 2.02. The molecule has 122 valence electrons. The van der Waals surface area contributed by atoms with Crippen molar-refractivity contribution < 1.29 is 0 Å². The zero-order valence-corrected chi connectivity index (χ0v) is 16.1. The average Bonchev–Trinajstić information content (AvgIpc) is 2.55. The highest BCUT2D eigenvalue weighted by Gasteiger charge is 1.96. The van der Waals surface area contributed by atoms with Crippen LogP contribution in [0.1, 0.15) is 93.2 Å². The van der Waals surface area contributed by atoms with E-state index in [0.717, 1.165) is 6.42 Å². The van der Waals surface area contributed by atoms with Crippen LogP contribution in [0.5, 0.6) is 0 Å². The van der Waals surface area contributed by atoms with Gasteiger partial charge >= 0.3 is 0 Å². The standard InChI is InChI=1S/C11H16.C3H8.3C2H6/c1-3-7-11-9-6-5-8-10(11)4-2;1-3-2;3*1-2/h5-6,8-9H,3-4,7H2,1-2H3;3H2,1-2H3;3*1-2H3. The minimum absolute atomic E-state index is 1.16. The van der Waals surface area contributed by atoms with Gasteiger partial charge in [-0.25, -0.2) is 0 Å². The van der Waals surface area contributed by atoms with E-state index in [4.69, 9.17) is 0 Å². The van der Waals surface area contributed by atoms with Crippen LogP contribution in [0.25, 0.3) is 0 Å². The molecule has 0 nitrogen and oxygen atoms in total. The molecule has 0 aromatic heterocycles. The molecule has 0 bridgehead atoms. The summed E-state index contributed by atoms with van der Waals surface area (Å²) in [7, 11) is 0. The summed E-state index contributed by atoms with van der Waals surface area (Å²) >= 11 is 0. The van der Waals surface area contributed by atoms with E-state index >= 15 is 0 Å². The van der Waals surface area contributed by atoms with E-state index in [-0.39, 0.29) is 0 Å². The molecule has 1 aromatic carbocycles. The first kappa shape index (κ1) is 27.5. The van der Waals surface area contributed by atoms with E-state index in [0.29, 0.717) is 0 Å². The summed E-state index contributed by atoms with van der Waals surface area (Å²) in [6.07, 6.45) is 4.89. The van der Waals surface area contributed by atoms with Crippen LogP contribution < -0.4 is 0 Å². The Morgan fingerprint density at radius 3 is 1.30 bits per heavy atom. The quantitative estimate of drug-likeness (QED) is 0.533. The Bertz CT molecular complexity index is 225. The predicted octanol–water partition coefficient (Wildman–Crippen LogP) is 7.70. The van der Waals surface area contributed by atoms with Gasteiger partial charge in [0.15, 0.2) is 0 Å². The molecule has 0 heterocycles. The Morgan fingerprint density at radius 2 is 1.00 bits per heavy atom. The Kier molecular flexibility index (Phi) is 42.6. The van der Waals surface area contributed by atoms with E-state index < -0.39 is 0 Å². The highest BCUT2D eigenvalue weighted by molar-refractivity contribution is 5.26. The fourth-order valence-corrected chi connectivity index (χ4v) is 1.42. The minimum atomic E-state index is 1.16. The topological polar surface area (TPSA) is 0 Å². The molecule has 0 radical (unpaired) electrons. The normalized spacial score (nSPS) is 7.30. The number of hydrogen-bond acceptors (Lipinski definition) is 0. The number of aryl methyl sites for hydroxylation is 2. The smallest absolute Gasteiger partial charge is 0.0279 e. The van der Waals surface area contributed by atoms with Gasteiger partial charge in [0.25, 0.3) is 0 Å². The fraction of sp³-hybridized carbons (Fsp3) is 0.700. The van der Waals surface area contributed by atoms with Crippen molar-refractivity contribution in [1.29, 1.82) is 0 Å². The maximum atomic E-state index is 2.24. The van der Waals surface area contributed by atoms with E-state index in [1.807, 2.05) is 41.5 Å². The van der Waals surface area contributed by atoms with Crippen LogP contribution in [-0.4, -0.2) is 0 Å². The Hall–Kier alpha value is -0.780. The molecule has 0 aliphatic rings. The molecule has 0 unspecified atom stereocenters. The molecule has 1 rings (SSSR count). The van der Waals surface area contributed by atoms with Crippen LogP contribution in [0, 0.1) is 0 Å². The van der Waals surface area contributed by atoms with Gasteiger partial charge in [-0.2, -0.15) is 0 Å². The molecule has 0 amide bonds. The second-order valence-corrected chi connectivity index (χ2v) is 3.58. The fourth-order valence-electron chi connectivity index (χ4n) is 1.42. The van der Waals surface area contributed by atoms with E-state index in [2.05, 4.69) is 52.0 Å². The molecular weight excluding hydrogens is 240 g/mol. The maximum absolute atomic E-state index is 2.24. The van der Waals surface area contributed by atoms with Gasteiger partial charge in [-0.15, -0.1) is 0 Å². The van der Waals surface area contributed by atoms with Crippen LogP contribution in [0.2, 0.25) is 0 Å². The molecule has 0 saturated carbocycles. The first-order valence-corrected chi connectivity index (χ1v) is 8.86. The Morgan fingerprint density at radius 1 is 0.650 bits per heavy atom. The molecule has 0 heteroatoms. The molecule has 0 fully saturated rings. The van der Waals surface area contributed by atoms with Crippen LogP contribution >= 0.6 is 0 Å². The summed E-state index contributed by atoms with van der Waals surface area (Å²) in [4.78, 5) is 0. The summed E-state index contributed by atoms with van der Waals surface area (Å²) in [6.45, 7) is 20.7. The summed E-state index contributed by atoms with van der Waals surface area (Å²) < 4.78 is 0. The van der Waals surface area contributed by atoms with E-state index in [9.17, 15) is 0 Å². The third kappa shape index (κ3) is 19.6. The van der Waals surface area contributed by atoms with Crippen LogP contribution in [0.3, 0.4) is 0 Å². The molecule has 0 aliphatic heterocycles. The molecule has 0 aliphatic carbocycles. The van der Waals surface area contributed by atoms with Crippen molar-refractivity contribution in [2.45, 2.75) is 94.9 Å². The molecule has 0 saturated heterocycles. The van der Waals surface area contributed by atoms with Crippen molar-refractivity contribution in [2.24, 2.45) is 0 Å². The monoisotopic (exact) mass is 282 g/mol. The molecular formula is C20H42. The summed E-state index contributed by atoms with van der Waals surface area (Å²) in [6, 6.07) is 8.72. The first-order chi connectivity index (χ1) is 9.79. The van der Waals surface area contributed by atoms with Gasteiger partial charge in [-0.3, -0.25) is 0 Å². The van der Waals surface area contributed by atoms with Crippen molar-refractivity contribution in [3.63, 3.8) is 0 Å². The lowest BCUT2D eigenvalue weighted by Gasteiger charge is -2.04. The zero-order valence-electron chi connectivity index (χ0n) is 16.1.